The Hall–Kier alpha value is -3.32. The summed E-state index contributed by atoms with van der Waals surface area (Å²) < 4.78 is 0. The summed E-state index contributed by atoms with van der Waals surface area (Å²) in [7, 11) is 0. The zero-order chi connectivity index (χ0) is 21.7. The molecule has 6 rings (SSSR count). The quantitative estimate of drug-likeness (QED) is 0.454. The van der Waals surface area contributed by atoms with Crippen molar-refractivity contribution < 1.29 is 1.43 Å². The zero-order valence-electron chi connectivity index (χ0n) is 18.9. The molecule has 1 atom stereocenters. The highest BCUT2D eigenvalue weighted by Crippen LogP contribution is 2.50. The number of benzene rings is 3. The number of fused-ring (bicyclic) bond motifs is 6. The first-order valence-electron chi connectivity index (χ1n) is 11.8. The van der Waals surface area contributed by atoms with E-state index in [-0.39, 0.29) is 6.84 Å². The van der Waals surface area contributed by atoms with Crippen LogP contribution in [0.3, 0.4) is 0 Å². The van der Waals surface area contributed by atoms with Crippen molar-refractivity contribution in [1.82, 2.24) is 5.32 Å². The van der Waals surface area contributed by atoms with Gasteiger partial charge in [0.2, 0.25) is 0 Å². The van der Waals surface area contributed by atoms with Crippen LogP contribution in [0.5, 0.6) is 0 Å². The van der Waals surface area contributed by atoms with E-state index in [9.17, 15) is 0 Å². The minimum atomic E-state index is 0. The van der Waals surface area contributed by atoms with Crippen molar-refractivity contribution in [2.45, 2.75) is 44.6 Å². The van der Waals surface area contributed by atoms with Crippen LogP contribution in [0.4, 0.5) is 0 Å². The van der Waals surface area contributed by atoms with Crippen molar-refractivity contribution in [2.24, 2.45) is 0 Å². The van der Waals surface area contributed by atoms with Crippen molar-refractivity contribution in [2.75, 3.05) is 0 Å². The molecule has 1 nitrogen and oxygen atoms in total. The van der Waals surface area contributed by atoms with E-state index >= 15 is 0 Å². The van der Waals surface area contributed by atoms with E-state index in [1.54, 1.807) is 0 Å². The molecular formula is C31H31N. The molecule has 3 aliphatic rings. The molecule has 0 spiro atoms. The van der Waals surface area contributed by atoms with Gasteiger partial charge in [0.05, 0.1) is 0 Å². The molecule has 3 aromatic rings. The number of rotatable bonds is 2. The summed E-state index contributed by atoms with van der Waals surface area (Å²) in [6.45, 7) is 4.75. The van der Waals surface area contributed by atoms with Crippen molar-refractivity contribution in [3.05, 3.63) is 118 Å². The summed E-state index contributed by atoms with van der Waals surface area (Å²) in [5.41, 5.74) is 12.5. The Morgan fingerprint density at radius 2 is 1.56 bits per heavy atom. The van der Waals surface area contributed by atoms with Crippen LogP contribution in [0.2, 0.25) is 0 Å². The standard InChI is InChI=1S/C31H29N.H2/c1-31(2)29-17-8-7-15-27(29)28-16-9-12-23(20-30(28)31)32-24-18-21-10-3-5-13-25(21)26-14-6-4-11-22(26)19-24;/h3-8,10-11,13-18,20,23,32H,9,12,19H2,1-2H3;1H. The zero-order valence-corrected chi connectivity index (χ0v) is 18.9. The molecular weight excluding hydrogens is 386 g/mol. The predicted octanol–water partition coefficient (Wildman–Crippen LogP) is 7.55. The molecule has 0 heterocycles. The van der Waals surface area contributed by atoms with Crippen LogP contribution in [0, 0.1) is 0 Å². The fraction of sp³-hybridized carbons (Fsp3) is 0.226. The van der Waals surface area contributed by atoms with E-state index in [0.29, 0.717) is 6.04 Å². The van der Waals surface area contributed by atoms with Crippen LogP contribution in [-0.2, 0) is 11.8 Å². The van der Waals surface area contributed by atoms with Gasteiger partial charge in [-0.15, -0.1) is 0 Å². The molecule has 1 unspecified atom stereocenters. The second-order valence-corrected chi connectivity index (χ2v) is 9.79. The van der Waals surface area contributed by atoms with Gasteiger partial charge < -0.3 is 5.32 Å². The minimum absolute atomic E-state index is 0. The molecule has 0 radical (unpaired) electrons. The normalized spacial score (nSPS) is 20.3. The smallest absolute Gasteiger partial charge is 0.0450 e. The molecule has 0 fully saturated rings. The van der Waals surface area contributed by atoms with E-state index in [4.69, 9.17) is 0 Å². The maximum Gasteiger partial charge on any atom is 0.0450 e. The Bertz CT molecular complexity index is 1310. The maximum absolute atomic E-state index is 3.95. The van der Waals surface area contributed by atoms with Gasteiger partial charge in [-0.05, 0) is 63.4 Å². The molecule has 32 heavy (non-hydrogen) atoms. The van der Waals surface area contributed by atoms with Gasteiger partial charge in [-0.1, -0.05) is 98.8 Å². The van der Waals surface area contributed by atoms with Gasteiger partial charge >= 0.3 is 0 Å². The molecule has 1 N–H and O–H groups in total. The lowest BCUT2D eigenvalue weighted by atomic mass is 9.81. The SMILES string of the molecule is CC1(C)C2=CC(NC3=Cc4ccccc4-c4ccccc4C3)CCC=C2c2ccccc21.[HH]. The van der Waals surface area contributed by atoms with Crippen molar-refractivity contribution in [3.8, 4) is 11.1 Å². The first-order chi connectivity index (χ1) is 15.6. The molecule has 0 saturated heterocycles. The summed E-state index contributed by atoms with van der Waals surface area (Å²) >= 11 is 0. The Labute approximate surface area is 192 Å². The first kappa shape index (κ1) is 19.4. The van der Waals surface area contributed by atoms with Crippen molar-refractivity contribution >= 4 is 11.6 Å². The largest absolute Gasteiger partial charge is 0.382 e. The topological polar surface area (TPSA) is 12.0 Å². The Morgan fingerprint density at radius 3 is 2.44 bits per heavy atom. The van der Waals surface area contributed by atoms with Crippen LogP contribution in [0.25, 0.3) is 22.8 Å². The maximum atomic E-state index is 3.95. The second kappa shape index (κ2) is 7.38. The fourth-order valence-electron chi connectivity index (χ4n) is 5.79. The Kier molecular flexibility index (Phi) is 4.47. The third-order valence-corrected chi connectivity index (χ3v) is 7.40. The highest BCUT2D eigenvalue weighted by Gasteiger charge is 2.38. The highest BCUT2D eigenvalue weighted by molar-refractivity contribution is 5.90. The molecule has 3 aliphatic carbocycles. The molecule has 0 bridgehead atoms. The van der Waals surface area contributed by atoms with Gasteiger partial charge in [-0.3, -0.25) is 0 Å². The summed E-state index contributed by atoms with van der Waals surface area (Å²) in [5.74, 6) is 0. The lowest BCUT2D eigenvalue weighted by molar-refractivity contribution is 0.601. The average Bonchev–Trinajstić information content (AvgIpc) is 2.99. The first-order valence-corrected chi connectivity index (χ1v) is 11.8. The number of hydrogen-bond donors (Lipinski definition) is 1. The van der Waals surface area contributed by atoms with Crippen LogP contribution in [0.15, 0.2) is 96.2 Å². The highest BCUT2D eigenvalue weighted by atomic mass is 14.9. The predicted molar refractivity (Wildman–Crippen MR) is 137 cm³/mol. The monoisotopic (exact) mass is 417 g/mol. The van der Waals surface area contributed by atoms with E-state index in [0.717, 1.165) is 19.3 Å². The summed E-state index contributed by atoms with van der Waals surface area (Å²) in [6.07, 6.45) is 10.5. The molecule has 0 aliphatic heterocycles. The average molecular weight is 418 g/mol. The lowest BCUT2D eigenvalue weighted by Crippen LogP contribution is -2.28. The second-order valence-electron chi connectivity index (χ2n) is 9.79. The summed E-state index contributed by atoms with van der Waals surface area (Å²) in [6, 6.07) is 26.9. The Morgan fingerprint density at radius 1 is 0.844 bits per heavy atom. The van der Waals surface area contributed by atoms with Gasteiger partial charge in [0.1, 0.15) is 0 Å². The molecule has 0 aromatic heterocycles. The van der Waals surface area contributed by atoms with Gasteiger partial charge in [0, 0.05) is 25.0 Å². The number of hydrogen-bond acceptors (Lipinski definition) is 1. The summed E-state index contributed by atoms with van der Waals surface area (Å²) in [4.78, 5) is 0. The van der Waals surface area contributed by atoms with Gasteiger partial charge in [0.25, 0.3) is 0 Å². The molecule has 160 valence electrons. The third-order valence-electron chi connectivity index (χ3n) is 7.40. The molecule has 0 amide bonds. The number of nitrogens with one attached hydrogen (secondary N) is 1. The van der Waals surface area contributed by atoms with Crippen LogP contribution < -0.4 is 5.32 Å². The van der Waals surface area contributed by atoms with E-state index in [1.165, 1.54) is 50.2 Å². The van der Waals surface area contributed by atoms with E-state index in [1.807, 2.05) is 0 Å². The summed E-state index contributed by atoms with van der Waals surface area (Å²) in [5, 5.41) is 3.95. The van der Waals surface area contributed by atoms with E-state index < -0.39 is 0 Å². The lowest BCUT2D eigenvalue weighted by Gasteiger charge is -2.24. The van der Waals surface area contributed by atoms with Crippen molar-refractivity contribution in [3.63, 3.8) is 0 Å². The van der Waals surface area contributed by atoms with Crippen LogP contribution in [0.1, 0.15) is 50.4 Å². The molecule has 1 heteroatoms. The van der Waals surface area contributed by atoms with Crippen molar-refractivity contribution in [1.29, 1.82) is 0 Å². The number of allylic oxidation sites excluding steroid dienone is 4. The fourth-order valence-corrected chi connectivity index (χ4v) is 5.79. The van der Waals surface area contributed by atoms with Gasteiger partial charge in [0.15, 0.2) is 0 Å². The molecule has 3 aromatic carbocycles. The van der Waals surface area contributed by atoms with Gasteiger partial charge in [-0.2, -0.15) is 0 Å². The van der Waals surface area contributed by atoms with E-state index in [2.05, 4.69) is 110 Å². The third kappa shape index (κ3) is 3.07. The Balaban J connectivity index is 0.00000228. The van der Waals surface area contributed by atoms with Crippen LogP contribution in [-0.4, -0.2) is 6.04 Å². The van der Waals surface area contributed by atoms with Gasteiger partial charge in [-0.25, -0.2) is 0 Å². The molecule has 0 saturated carbocycles. The van der Waals surface area contributed by atoms with Crippen LogP contribution >= 0.6 is 0 Å². The minimum Gasteiger partial charge on any atom is -0.382 e.